The van der Waals surface area contributed by atoms with E-state index in [-0.39, 0.29) is 11.1 Å². The summed E-state index contributed by atoms with van der Waals surface area (Å²) < 4.78 is 30.7. The average Bonchev–Trinajstić information content (AvgIpc) is 2.70. The molecule has 0 aliphatic heterocycles. The zero-order chi connectivity index (χ0) is 29.7. The van der Waals surface area contributed by atoms with Gasteiger partial charge in [-0.1, -0.05) is 0 Å². The van der Waals surface area contributed by atoms with Gasteiger partial charge in [0.05, 0.1) is 11.1 Å². The molecular formula is C25H42O13. The number of carbonyl (C=O) groups excluding carboxylic acids is 3. The molecule has 0 aliphatic rings. The summed E-state index contributed by atoms with van der Waals surface area (Å²) in [5, 5.41) is 0. The monoisotopic (exact) mass is 550 g/mol. The second-order valence-electron chi connectivity index (χ2n) is 10.0. The lowest BCUT2D eigenvalue weighted by atomic mass is 10.2. The molecule has 0 aromatic rings. The van der Waals surface area contributed by atoms with Gasteiger partial charge in [0.15, 0.2) is 0 Å². The van der Waals surface area contributed by atoms with Gasteiger partial charge in [0.2, 0.25) is 25.2 Å². The summed E-state index contributed by atoms with van der Waals surface area (Å²) in [4.78, 5) is 55.9. The highest BCUT2D eigenvalue weighted by Gasteiger charge is 2.22. The van der Waals surface area contributed by atoms with Crippen LogP contribution in [0.5, 0.6) is 0 Å². The van der Waals surface area contributed by atoms with Crippen LogP contribution in [0.15, 0.2) is 23.7 Å². The van der Waals surface area contributed by atoms with E-state index < -0.39 is 54.5 Å². The normalized spacial score (nSPS) is 16.0. The molecule has 0 rings (SSSR count). The molecule has 0 fully saturated rings. The molecule has 4 unspecified atom stereocenters. The molecule has 0 aromatic carbocycles. The third-order valence-electron chi connectivity index (χ3n) is 3.53. The van der Waals surface area contributed by atoms with Crippen LogP contribution >= 0.6 is 0 Å². The Morgan fingerprint density at radius 1 is 0.553 bits per heavy atom. The standard InChI is InChI=1S/C25H42O13/c1-15(13-29-37-24(7,8)9)21(26)33-17(3)31-19(5)35-23(28)36-20(6)32-18(4)34-22(27)16(2)14-30-38-25(10,11)12/h13-14,17-20H,1-12H3/b15-13+,16-14+. The minimum Gasteiger partial charge on any atom is -0.432 e. The summed E-state index contributed by atoms with van der Waals surface area (Å²) in [7, 11) is 0. The molecule has 0 heterocycles. The molecular weight excluding hydrogens is 508 g/mol. The molecule has 0 spiro atoms. The van der Waals surface area contributed by atoms with Crippen LogP contribution in [0.1, 0.15) is 83.1 Å². The van der Waals surface area contributed by atoms with Gasteiger partial charge in [-0.3, -0.25) is 0 Å². The molecule has 38 heavy (non-hydrogen) atoms. The topological polar surface area (TPSA) is 144 Å². The fourth-order valence-electron chi connectivity index (χ4n) is 2.01. The van der Waals surface area contributed by atoms with Gasteiger partial charge in [-0.15, -0.1) is 0 Å². The highest BCUT2D eigenvalue weighted by Crippen LogP contribution is 2.12. The lowest BCUT2D eigenvalue weighted by Gasteiger charge is -2.22. The third kappa shape index (κ3) is 18.4. The Labute approximate surface area is 224 Å². The van der Waals surface area contributed by atoms with Gasteiger partial charge in [0.25, 0.3) is 0 Å². The highest BCUT2D eigenvalue weighted by atomic mass is 17.2. The first kappa shape index (κ1) is 35.1. The Hall–Kier alpha value is -2.87. The van der Waals surface area contributed by atoms with E-state index >= 15 is 0 Å². The Balaban J connectivity index is 4.45. The molecule has 13 nitrogen and oxygen atoms in total. The van der Waals surface area contributed by atoms with Gasteiger partial charge < -0.3 is 38.2 Å². The number of esters is 2. The van der Waals surface area contributed by atoms with Gasteiger partial charge in [-0.2, -0.15) is 9.78 Å². The first-order valence-electron chi connectivity index (χ1n) is 11.9. The van der Waals surface area contributed by atoms with E-state index in [0.717, 1.165) is 12.5 Å². The second kappa shape index (κ2) is 16.2. The molecule has 220 valence electrons. The molecule has 4 atom stereocenters. The minimum atomic E-state index is -1.14. The summed E-state index contributed by atoms with van der Waals surface area (Å²) in [6, 6.07) is 0. The van der Waals surface area contributed by atoms with E-state index in [0.29, 0.717) is 0 Å². The maximum atomic E-state index is 12.1. The molecule has 0 N–H and O–H groups in total. The van der Waals surface area contributed by atoms with Crippen LogP contribution in [-0.2, 0) is 57.6 Å². The van der Waals surface area contributed by atoms with Crippen molar-refractivity contribution in [1.82, 2.24) is 0 Å². The molecule has 0 amide bonds. The van der Waals surface area contributed by atoms with E-state index in [2.05, 4.69) is 0 Å². The number of carbonyl (C=O) groups is 3. The van der Waals surface area contributed by atoms with Crippen LogP contribution < -0.4 is 0 Å². The lowest BCUT2D eigenvalue weighted by molar-refractivity contribution is -0.311. The molecule has 0 radical (unpaired) electrons. The molecule has 0 saturated heterocycles. The number of hydrogen-bond donors (Lipinski definition) is 0. The van der Waals surface area contributed by atoms with Crippen LogP contribution in [-0.4, -0.2) is 54.5 Å². The SMILES string of the molecule is C/C(=C\OOC(C)(C)C)C(=O)OC(C)OC(C)OC(=O)OC(C)OC(C)OC(=O)/C(C)=C/OOC(C)(C)C. The molecule has 13 heteroatoms. The van der Waals surface area contributed by atoms with Crippen LogP contribution in [0.2, 0.25) is 0 Å². The minimum absolute atomic E-state index is 0.120. The van der Waals surface area contributed by atoms with Crippen molar-refractivity contribution in [2.45, 2.75) is 119 Å². The predicted molar refractivity (Wildman–Crippen MR) is 131 cm³/mol. The third-order valence-corrected chi connectivity index (χ3v) is 3.53. The van der Waals surface area contributed by atoms with Crippen LogP contribution in [0.4, 0.5) is 4.79 Å². The van der Waals surface area contributed by atoms with Crippen molar-refractivity contribution >= 4 is 18.1 Å². The predicted octanol–water partition coefficient (Wildman–Crippen LogP) is 4.94. The average molecular weight is 551 g/mol. The largest absolute Gasteiger partial charge is 0.512 e. The molecule has 0 aliphatic carbocycles. The Bertz CT molecular complexity index is 754. The Morgan fingerprint density at radius 2 is 0.842 bits per heavy atom. The first-order valence-corrected chi connectivity index (χ1v) is 11.9. The Morgan fingerprint density at radius 3 is 1.13 bits per heavy atom. The van der Waals surface area contributed by atoms with Crippen molar-refractivity contribution in [2.24, 2.45) is 0 Å². The Kier molecular flexibility index (Phi) is 15.0. The number of rotatable bonds is 14. The summed E-state index contributed by atoms with van der Waals surface area (Å²) >= 11 is 0. The summed E-state index contributed by atoms with van der Waals surface area (Å²) in [5.41, 5.74) is -0.877. The van der Waals surface area contributed by atoms with Crippen molar-refractivity contribution in [3.8, 4) is 0 Å². The molecule has 0 saturated carbocycles. The van der Waals surface area contributed by atoms with Crippen LogP contribution in [0, 0.1) is 0 Å². The maximum Gasteiger partial charge on any atom is 0.512 e. The maximum absolute atomic E-state index is 12.1. The van der Waals surface area contributed by atoms with Gasteiger partial charge in [-0.25, -0.2) is 14.4 Å². The van der Waals surface area contributed by atoms with Crippen molar-refractivity contribution in [1.29, 1.82) is 0 Å². The van der Waals surface area contributed by atoms with E-state index in [1.54, 1.807) is 41.5 Å². The van der Waals surface area contributed by atoms with Gasteiger partial charge in [0.1, 0.15) is 23.7 Å². The smallest absolute Gasteiger partial charge is 0.432 e. The van der Waals surface area contributed by atoms with Crippen LogP contribution in [0.3, 0.4) is 0 Å². The summed E-state index contributed by atoms with van der Waals surface area (Å²) in [6.07, 6.45) is -3.34. The number of ether oxygens (including phenoxy) is 6. The number of hydrogen-bond acceptors (Lipinski definition) is 13. The fraction of sp³-hybridized carbons (Fsp3) is 0.720. The van der Waals surface area contributed by atoms with Crippen molar-refractivity contribution in [3.63, 3.8) is 0 Å². The van der Waals surface area contributed by atoms with Crippen molar-refractivity contribution in [2.75, 3.05) is 0 Å². The molecule has 0 bridgehead atoms. The van der Waals surface area contributed by atoms with Gasteiger partial charge in [0, 0.05) is 0 Å². The highest BCUT2D eigenvalue weighted by molar-refractivity contribution is 5.87. The van der Waals surface area contributed by atoms with Crippen molar-refractivity contribution in [3.05, 3.63) is 23.7 Å². The van der Waals surface area contributed by atoms with Crippen LogP contribution in [0.25, 0.3) is 0 Å². The van der Waals surface area contributed by atoms with Gasteiger partial charge in [-0.05, 0) is 83.1 Å². The van der Waals surface area contributed by atoms with E-state index in [4.69, 9.17) is 48.0 Å². The van der Waals surface area contributed by atoms with E-state index in [1.807, 2.05) is 0 Å². The fourth-order valence-corrected chi connectivity index (χ4v) is 2.01. The van der Waals surface area contributed by atoms with E-state index in [9.17, 15) is 14.4 Å². The summed E-state index contributed by atoms with van der Waals surface area (Å²) in [5.74, 6) is -1.46. The zero-order valence-electron chi connectivity index (χ0n) is 24.3. The quantitative estimate of drug-likeness (QED) is 0.0548. The zero-order valence-corrected chi connectivity index (χ0v) is 24.3. The summed E-state index contributed by atoms with van der Waals surface area (Å²) in [6.45, 7) is 19.2. The first-order chi connectivity index (χ1) is 17.3. The van der Waals surface area contributed by atoms with Crippen molar-refractivity contribution < 1.29 is 62.4 Å². The second-order valence-corrected chi connectivity index (χ2v) is 10.0. The van der Waals surface area contributed by atoms with E-state index in [1.165, 1.54) is 41.5 Å². The molecule has 0 aromatic heterocycles. The van der Waals surface area contributed by atoms with Gasteiger partial charge >= 0.3 is 18.1 Å². The lowest BCUT2D eigenvalue weighted by Crippen LogP contribution is -2.30.